The molecule has 0 heterocycles. The summed E-state index contributed by atoms with van der Waals surface area (Å²) in [4.78, 5) is 12.6. The number of benzene rings is 2. The van der Waals surface area contributed by atoms with Crippen LogP contribution in [-0.2, 0) is 0 Å². The number of phenolic OH excluding ortho intramolecular Hbond substituents is 1. The maximum absolute atomic E-state index is 12.6. The number of hydrogen-bond donors (Lipinski definition) is 2. The Hall–Kier alpha value is -3.22. The van der Waals surface area contributed by atoms with Crippen LogP contribution in [0.3, 0.4) is 0 Å². The van der Waals surface area contributed by atoms with Gasteiger partial charge in [-0.05, 0) is 52.0 Å². The lowest BCUT2D eigenvalue weighted by Gasteiger charge is -2.16. The van der Waals surface area contributed by atoms with Gasteiger partial charge in [0.1, 0.15) is 5.75 Å². The van der Waals surface area contributed by atoms with Crippen LogP contribution in [0.4, 0.5) is 0 Å². The van der Waals surface area contributed by atoms with E-state index in [1.807, 2.05) is 20.8 Å². The van der Waals surface area contributed by atoms with E-state index in [4.69, 9.17) is 14.2 Å². The van der Waals surface area contributed by atoms with E-state index in [9.17, 15) is 9.90 Å². The predicted octanol–water partition coefficient (Wildman–Crippen LogP) is 3.74. The molecule has 28 heavy (non-hydrogen) atoms. The van der Waals surface area contributed by atoms with Gasteiger partial charge in [0.2, 0.25) is 5.75 Å². The Morgan fingerprint density at radius 3 is 2.11 bits per heavy atom. The zero-order chi connectivity index (χ0) is 20.5. The molecule has 0 aliphatic heterocycles. The standard InChI is InChI=1S/C21H26N2O5/c1-5-26-18-12-16(13-19(27-6-2)20(18)28-7-3)21(25)23-22-14(4)15-9-8-10-17(24)11-15/h8-13,24H,5-7H2,1-4H3,(H,23,25). The third-order valence-electron chi connectivity index (χ3n) is 3.76. The van der Waals surface area contributed by atoms with Crippen LogP contribution in [0.2, 0.25) is 0 Å². The van der Waals surface area contributed by atoms with Crippen LogP contribution in [0.25, 0.3) is 0 Å². The van der Waals surface area contributed by atoms with Crippen molar-refractivity contribution in [2.75, 3.05) is 19.8 Å². The highest BCUT2D eigenvalue weighted by Crippen LogP contribution is 2.39. The molecule has 0 atom stereocenters. The second kappa shape index (κ2) is 10.2. The van der Waals surface area contributed by atoms with Gasteiger partial charge in [-0.1, -0.05) is 12.1 Å². The fourth-order valence-corrected chi connectivity index (χ4v) is 2.51. The molecule has 0 unspecified atom stereocenters. The SMILES string of the molecule is CCOc1cc(C(=O)NN=C(C)c2cccc(O)c2)cc(OCC)c1OCC. The molecular weight excluding hydrogens is 360 g/mol. The van der Waals surface area contributed by atoms with Gasteiger partial charge in [0, 0.05) is 11.1 Å². The van der Waals surface area contributed by atoms with Gasteiger partial charge in [-0.15, -0.1) is 0 Å². The van der Waals surface area contributed by atoms with Gasteiger partial charge in [-0.3, -0.25) is 4.79 Å². The van der Waals surface area contributed by atoms with Crippen LogP contribution >= 0.6 is 0 Å². The number of phenols is 1. The molecule has 2 aromatic carbocycles. The van der Waals surface area contributed by atoms with E-state index in [-0.39, 0.29) is 5.75 Å². The molecule has 150 valence electrons. The highest BCUT2D eigenvalue weighted by atomic mass is 16.5. The number of hydrogen-bond acceptors (Lipinski definition) is 6. The Labute approximate surface area is 164 Å². The van der Waals surface area contributed by atoms with Crippen molar-refractivity contribution in [1.82, 2.24) is 5.43 Å². The first-order chi connectivity index (χ1) is 13.5. The summed E-state index contributed by atoms with van der Waals surface area (Å²) in [5, 5.41) is 13.7. The van der Waals surface area contributed by atoms with Crippen LogP contribution in [0, 0.1) is 0 Å². The molecule has 0 spiro atoms. The number of carbonyl (C=O) groups excluding carboxylic acids is 1. The Balaban J connectivity index is 2.29. The molecule has 0 saturated heterocycles. The summed E-state index contributed by atoms with van der Waals surface area (Å²) in [5.74, 6) is 1.07. The van der Waals surface area contributed by atoms with Gasteiger partial charge >= 0.3 is 0 Å². The zero-order valence-electron chi connectivity index (χ0n) is 16.6. The average molecular weight is 386 g/mol. The second-order valence-electron chi connectivity index (χ2n) is 5.79. The maximum atomic E-state index is 12.6. The van der Waals surface area contributed by atoms with Crippen molar-refractivity contribution in [2.24, 2.45) is 5.10 Å². The second-order valence-corrected chi connectivity index (χ2v) is 5.79. The zero-order valence-corrected chi connectivity index (χ0v) is 16.6. The first-order valence-electron chi connectivity index (χ1n) is 9.20. The summed E-state index contributed by atoms with van der Waals surface area (Å²) in [5.41, 5.74) is 4.12. The molecule has 7 nitrogen and oxygen atoms in total. The number of ether oxygens (including phenoxy) is 3. The van der Waals surface area contributed by atoms with E-state index in [0.717, 1.165) is 0 Å². The fraction of sp³-hybridized carbons (Fsp3) is 0.333. The van der Waals surface area contributed by atoms with Crippen molar-refractivity contribution in [2.45, 2.75) is 27.7 Å². The minimum Gasteiger partial charge on any atom is -0.508 e. The molecule has 7 heteroatoms. The Morgan fingerprint density at radius 1 is 0.964 bits per heavy atom. The summed E-state index contributed by atoms with van der Waals surface area (Å²) in [6, 6.07) is 9.85. The largest absolute Gasteiger partial charge is 0.508 e. The van der Waals surface area contributed by atoms with Gasteiger partial charge in [0.05, 0.1) is 25.5 Å². The van der Waals surface area contributed by atoms with E-state index in [2.05, 4.69) is 10.5 Å². The number of carbonyl (C=O) groups is 1. The topological polar surface area (TPSA) is 89.4 Å². The minimum absolute atomic E-state index is 0.132. The molecule has 0 saturated carbocycles. The van der Waals surface area contributed by atoms with Crippen molar-refractivity contribution in [3.8, 4) is 23.0 Å². The number of hydrazone groups is 1. The van der Waals surface area contributed by atoms with Gasteiger partial charge in [-0.25, -0.2) is 5.43 Å². The summed E-state index contributed by atoms with van der Waals surface area (Å²) < 4.78 is 16.9. The van der Waals surface area contributed by atoms with E-state index in [1.54, 1.807) is 43.3 Å². The van der Waals surface area contributed by atoms with Gasteiger partial charge < -0.3 is 19.3 Å². The molecule has 0 aromatic heterocycles. The van der Waals surface area contributed by atoms with E-state index >= 15 is 0 Å². The third kappa shape index (κ3) is 5.39. The van der Waals surface area contributed by atoms with Crippen molar-refractivity contribution in [3.63, 3.8) is 0 Å². The molecule has 1 amide bonds. The van der Waals surface area contributed by atoms with Crippen LogP contribution in [0.1, 0.15) is 43.6 Å². The first kappa shape index (κ1) is 21.1. The number of nitrogens with zero attached hydrogens (tertiary/aromatic N) is 1. The molecule has 0 bridgehead atoms. The highest BCUT2D eigenvalue weighted by Gasteiger charge is 2.18. The highest BCUT2D eigenvalue weighted by molar-refractivity contribution is 6.01. The van der Waals surface area contributed by atoms with E-state index < -0.39 is 5.91 Å². The molecule has 0 aliphatic rings. The average Bonchev–Trinajstić information content (AvgIpc) is 2.68. The van der Waals surface area contributed by atoms with Gasteiger partial charge in [0.25, 0.3) is 5.91 Å². The number of nitrogens with one attached hydrogen (secondary N) is 1. The number of amides is 1. The molecule has 0 radical (unpaired) electrons. The molecule has 2 aromatic rings. The fourth-order valence-electron chi connectivity index (χ4n) is 2.51. The smallest absolute Gasteiger partial charge is 0.271 e. The van der Waals surface area contributed by atoms with E-state index in [0.29, 0.717) is 53.9 Å². The normalized spacial score (nSPS) is 11.1. The molecular formula is C21H26N2O5. The minimum atomic E-state index is -0.413. The number of aromatic hydroxyl groups is 1. The molecule has 0 fully saturated rings. The Morgan fingerprint density at radius 2 is 1.57 bits per heavy atom. The lowest BCUT2D eigenvalue weighted by atomic mass is 10.1. The third-order valence-corrected chi connectivity index (χ3v) is 3.76. The van der Waals surface area contributed by atoms with Gasteiger partial charge in [0.15, 0.2) is 11.5 Å². The maximum Gasteiger partial charge on any atom is 0.271 e. The van der Waals surface area contributed by atoms with Gasteiger partial charge in [-0.2, -0.15) is 5.10 Å². The van der Waals surface area contributed by atoms with E-state index in [1.165, 1.54) is 0 Å². The molecule has 2 rings (SSSR count). The molecule has 2 N–H and O–H groups in total. The quantitative estimate of drug-likeness (QED) is 0.506. The first-order valence-corrected chi connectivity index (χ1v) is 9.20. The van der Waals surface area contributed by atoms with Crippen molar-refractivity contribution >= 4 is 11.6 Å². The number of rotatable bonds is 9. The Kier molecular flexibility index (Phi) is 7.68. The lowest BCUT2D eigenvalue weighted by Crippen LogP contribution is -2.20. The van der Waals surface area contributed by atoms with Crippen LogP contribution < -0.4 is 19.6 Å². The summed E-state index contributed by atoms with van der Waals surface area (Å²) in [6.07, 6.45) is 0. The monoisotopic (exact) mass is 386 g/mol. The summed E-state index contributed by atoms with van der Waals surface area (Å²) in [7, 11) is 0. The summed E-state index contributed by atoms with van der Waals surface area (Å²) in [6.45, 7) is 8.60. The van der Waals surface area contributed by atoms with Crippen molar-refractivity contribution in [3.05, 3.63) is 47.5 Å². The lowest BCUT2D eigenvalue weighted by molar-refractivity contribution is 0.0953. The molecule has 0 aliphatic carbocycles. The summed E-state index contributed by atoms with van der Waals surface area (Å²) >= 11 is 0. The van der Waals surface area contributed by atoms with Crippen LogP contribution in [0.5, 0.6) is 23.0 Å². The predicted molar refractivity (Wildman–Crippen MR) is 108 cm³/mol. The van der Waals surface area contributed by atoms with Crippen LogP contribution in [-0.4, -0.2) is 36.5 Å². The Bertz CT molecular complexity index is 821. The van der Waals surface area contributed by atoms with Crippen LogP contribution in [0.15, 0.2) is 41.5 Å². The van der Waals surface area contributed by atoms with Crippen molar-refractivity contribution < 1.29 is 24.1 Å². The van der Waals surface area contributed by atoms with Crippen molar-refractivity contribution in [1.29, 1.82) is 0 Å².